The second kappa shape index (κ2) is 21.4. The minimum Gasteiger partial charge on any atom is -0.661 e. The Hall–Kier alpha value is -7.36. The second-order valence-electron chi connectivity index (χ2n) is 20.7. The predicted molar refractivity (Wildman–Crippen MR) is 340 cm³/mol. The zero-order valence-corrected chi connectivity index (χ0v) is 51.7. The average molecular weight is 1140 g/mol. The topological polar surface area (TPSA) is 52.9 Å². The van der Waals surface area contributed by atoms with Crippen molar-refractivity contribution in [2.24, 2.45) is 9.98 Å². The molecular formula is C70H54N4S4Zn. The summed E-state index contributed by atoms with van der Waals surface area (Å²) in [5, 5.41) is 5.13. The van der Waals surface area contributed by atoms with E-state index in [0.29, 0.717) is 0 Å². The quantitative estimate of drug-likeness (QED) is 0.142. The molecule has 12 aromatic rings. The molecule has 14 rings (SSSR count). The number of benzene rings is 6. The van der Waals surface area contributed by atoms with E-state index in [1.165, 1.54) is 104 Å². The smallest absolute Gasteiger partial charge is 0.661 e. The van der Waals surface area contributed by atoms with E-state index in [1.807, 2.05) is 45.3 Å². The van der Waals surface area contributed by atoms with Gasteiger partial charge in [0.1, 0.15) is 0 Å². The van der Waals surface area contributed by atoms with Crippen LogP contribution in [0, 0.1) is 27.7 Å². The molecule has 0 saturated carbocycles. The van der Waals surface area contributed by atoms with Gasteiger partial charge in [0.25, 0.3) is 0 Å². The molecule has 8 heterocycles. The molecule has 0 atom stereocenters. The molecule has 0 aliphatic carbocycles. The maximum absolute atomic E-state index is 5.02. The van der Waals surface area contributed by atoms with Crippen LogP contribution >= 0.6 is 45.3 Å². The van der Waals surface area contributed by atoms with E-state index in [0.717, 1.165) is 67.9 Å². The molecule has 2 aliphatic rings. The van der Waals surface area contributed by atoms with Crippen LogP contribution in [0.1, 0.15) is 72.7 Å². The van der Waals surface area contributed by atoms with Crippen molar-refractivity contribution in [2.45, 2.75) is 55.4 Å². The van der Waals surface area contributed by atoms with Crippen LogP contribution in [0.5, 0.6) is 0 Å². The fourth-order valence-electron chi connectivity index (χ4n) is 11.1. The van der Waals surface area contributed by atoms with Crippen LogP contribution in [0.3, 0.4) is 0 Å². The molecule has 79 heavy (non-hydrogen) atoms. The average Bonchev–Trinajstić information content (AvgIpc) is 4.33. The van der Waals surface area contributed by atoms with E-state index in [1.54, 1.807) is 0 Å². The number of thiophene rings is 4. The van der Waals surface area contributed by atoms with Gasteiger partial charge in [-0.2, -0.15) is 11.4 Å². The van der Waals surface area contributed by atoms with Crippen LogP contribution in [-0.2, 0) is 19.5 Å². The molecule has 0 radical (unpaired) electrons. The van der Waals surface area contributed by atoms with Crippen molar-refractivity contribution in [3.05, 3.63) is 250 Å². The van der Waals surface area contributed by atoms with Gasteiger partial charge in [0.05, 0.1) is 11.4 Å². The third kappa shape index (κ3) is 10.2. The SMILES string of the molecule is CC1=CC(C)=N/C1=C(/c1cc(-c2cc3ccccc3s2)cc(-c2cc3ccccc3s2)c1)c1[n-]c(C)cc1C.CC1=CC(C)=N/C1=C(/c1cc(-c2cc3ccccc3s2)cc(-c2cc3ccccc3s2)c1)c1[n-]c(C)cc1C.[Zn+2]. The van der Waals surface area contributed by atoms with E-state index < -0.39 is 0 Å². The molecular weight excluding hydrogens is 1090 g/mol. The van der Waals surface area contributed by atoms with Crippen molar-refractivity contribution in [2.75, 3.05) is 0 Å². The first-order valence-corrected chi connectivity index (χ1v) is 29.6. The summed E-state index contributed by atoms with van der Waals surface area (Å²) in [4.78, 5) is 25.1. The molecule has 0 saturated heterocycles. The summed E-state index contributed by atoms with van der Waals surface area (Å²) in [6.45, 7) is 16.9. The molecule has 2 aliphatic heterocycles. The van der Waals surface area contributed by atoms with E-state index in [-0.39, 0.29) is 19.5 Å². The number of hydrogen-bond acceptors (Lipinski definition) is 6. The predicted octanol–water partition coefficient (Wildman–Crippen LogP) is 20.4. The molecule has 0 unspecified atom stereocenters. The first-order valence-electron chi connectivity index (χ1n) is 26.3. The van der Waals surface area contributed by atoms with Gasteiger partial charge in [-0.15, -0.1) is 56.7 Å². The number of aromatic nitrogens is 2. The largest absolute Gasteiger partial charge is 2.00 e. The number of rotatable bonds is 8. The summed E-state index contributed by atoms with van der Waals surface area (Å²) in [5.41, 5.74) is 22.3. The van der Waals surface area contributed by atoms with Gasteiger partial charge in [-0.05, 0) is 216 Å². The summed E-state index contributed by atoms with van der Waals surface area (Å²) in [7, 11) is 0. The van der Waals surface area contributed by atoms with Crippen LogP contribution in [0.4, 0.5) is 0 Å². The molecule has 6 aromatic heterocycles. The number of aryl methyl sites for hydroxylation is 4. The van der Waals surface area contributed by atoms with Gasteiger partial charge in [0.2, 0.25) is 0 Å². The van der Waals surface area contributed by atoms with Crippen molar-refractivity contribution >= 4 is 108 Å². The number of aliphatic imine (C=N–C) groups is 2. The first kappa shape index (κ1) is 52.3. The summed E-state index contributed by atoms with van der Waals surface area (Å²) in [6, 6.07) is 62.2. The van der Waals surface area contributed by atoms with Gasteiger partial charge < -0.3 is 9.97 Å². The standard InChI is InChI=1S/2C35H27N2S2.Zn/c2*1-20-13-22(3)36-34(20)33(35-21(2)14-23(4)37-35)28-16-26(31-18-24-9-5-7-11-29(24)38-31)15-27(17-28)32-19-25-10-6-8-12-30(25)39-32;/h2*5-19H,1-4H3;/q2*-1;+2/b2*34-33-;. The molecule has 0 amide bonds. The Morgan fingerprint density at radius 1 is 0.354 bits per heavy atom. The van der Waals surface area contributed by atoms with Crippen LogP contribution < -0.4 is 9.97 Å². The Bertz CT molecular complexity index is 3990. The van der Waals surface area contributed by atoms with Gasteiger partial charge in [-0.25, -0.2) is 0 Å². The Labute approximate surface area is 490 Å². The molecule has 0 spiro atoms. The zero-order valence-electron chi connectivity index (χ0n) is 45.4. The molecule has 0 bridgehead atoms. The van der Waals surface area contributed by atoms with Gasteiger partial charge in [0.15, 0.2) is 0 Å². The Morgan fingerprint density at radius 2 is 0.646 bits per heavy atom. The summed E-state index contributed by atoms with van der Waals surface area (Å²) < 4.78 is 5.22. The molecule has 9 heteroatoms. The minimum atomic E-state index is 0. The molecule has 380 valence electrons. The first-order chi connectivity index (χ1) is 37.8. The summed E-state index contributed by atoms with van der Waals surface area (Å²) in [6.07, 6.45) is 4.34. The summed E-state index contributed by atoms with van der Waals surface area (Å²) >= 11 is 7.40. The monoisotopic (exact) mass is 1140 g/mol. The normalized spacial score (nSPS) is 14.6. The fraction of sp³-hybridized carbons (Fsp3) is 0.114. The maximum Gasteiger partial charge on any atom is 2.00 e. The summed E-state index contributed by atoms with van der Waals surface area (Å²) in [5.74, 6) is 0. The van der Waals surface area contributed by atoms with Crippen molar-refractivity contribution in [1.82, 2.24) is 9.97 Å². The van der Waals surface area contributed by atoms with E-state index in [9.17, 15) is 0 Å². The van der Waals surface area contributed by atoms with Gasteiger partial charge in [0, 0.05) is 49.7 Å². The second-order valence-corrected chi connectivity index (χ2v) is 25.0. The van der Waals surface area contributed by atoms with Gasteiger partial charge in [-0.1, -0.05) is 110 Å². The Kier molecular flexibility index (Phi) is 14.2. The van der Waals surface area contributed by atoms with Crippen molar-refractivity contribution in [1.29, 1.82) is 0 Å². The Balaban J connectivity index is 0.000000156. The van der Waals surface area contributed by atoms with Gasteiger partial charge >= 0.3 is 19.5 Å². The number of allylic oxidation sites excluding steroid dienone is 4. The zero-order chi connectivity index (χ0) is 53.3. The van der Waals surface area contributed by atoms with Crippen LogP contribution in [0.15, 0.2) is 215 Å². The number of fused-ring (bicyclic) bond motifs is 4. The molecule has 0 N–H and O–H groups in total. The molecule has 4 nitrogen and oxygen atoms in total. The van der Waals surface area contributed by atoms with Crippen molar-refractivity contribution in [3.8, 4) is 41.8 Å². The van der Waals surface area contributed by atoms with E-state index in [2.05, 4.69) is 237 Å². The van der Waals surface area contributed by atoms with E-state index >= 15 is 0 Å². The minimum absolute atomic E-state index is 0. The fourth-order valence-corrected chi connectivity index (χ4v) is 15.3. The van der Waals surface area contributed by atoms with Crippen molar-refractivity contribution < 1.29 is 19.5 Å². The molecule has 6 aromatic carbocycles. The van der Waals surface area contributed by atoms with Crippen LogP contribution in [-0.4, -0.2) is 11.4 Å². The molecule has 0 fully saturated rings. The van der Waals surface area contributed by atoms with Crippen molar-refractivity contribution in [3.63, 3.8) is 0 Å². The maximum atomic E-state index is 5.02. The Morgan fingerprint density at radius 3 is 0.886 bits per heavy atom. The number of hydrogen-bond donors (Lipinski definition) is 0. The third-order valence-corrected chi connectivity index (χ3v) is 19.2. The third-order valence-electron chi connectivity index (χ3n) is 14.6. The van der Waals surface area contributed by atoms with E-state index in [4.69, 9.17) is 20.0 Å². The van der Waals surface area contributed by atoms with Gasteiger partial charge in [-0.3, -0.25) is 9.98 Å². The van der Waals surface area contributed by atoms with Crippen LogP contribution in [0.25, 0.3) is 93.3 Å². The van der Waals surface area contributed by atoms with Crippen LogP contribution in [0.2, 0.25) is 0 Å². The number of nitrogens with zero attached hydrogens (tertiary/aromatic N) is 4.